The van der Waals surface area contributed by atoms with E-state index in [0.29, 0.717) is 44.5 Å². The zero-order valence-corrected chi connectivity index (χ0v) is 46.1. The van der Waals surface area contributed by atoms with E-state index in [4.69, 9.17) is 9.47 Å². The van der Waals surface area contributed by atoms with Crippen molar-refractivity contribution in [2.75, 3.05) is 49.7 Å². The first-order valence-electron chi connectivity index (χ1n) is 25.4. The highest BCUT2D eigenvalue weighted by atomic mass is 32.2. The zero-order valence-electron chi connectivity index (χ0n) is 44.5. The number of carbonyl (C=O) groups is 2. The fourth-order valence-electron chi connectivity index (χ4n) is 10.1. The van der Waals surface area contributed by atoms with Gasteiger partial charge in [0.05, 0.1) is 23.5 Å². The van der Waals surface area contributed by atoms with Crippen molar-refractivity contribution in [3.63, 3.8) is 0 Å². The van der Waals surface area contributed by atoms with Crippen LogP contribution >= 0.6 is 0 Å². The van der Waals surface area contributed by atoms with Gasteiger partial charge in [-0.15, -0.1) is 0 Å². The number of unbranched alkanes of at least 4 members (excludes halogenated alkanes) is 2. The number of rotatable bonds is 21. The number of hydrogen-bond donors (Lipinski definition) is 3. The Hall–Kier alpha value is -5.55. The lowest BCUT2D eigenvalue weighted by Gasteiger charge is -2.28. The van der Waals surface area contributed by atoms with Gasteiger partial charge in [0.25, 0.3) is 20.2 Å². The predicted molar refractivity (Wildman–Crippen MR) is 290 cm³/mol. The van der Waals surface area contributed by atoms with E-state index in [0.717, 1.165) is 69.9 Å². The quantitative estimate of drug-likeness (QED) is 0.0524. The minimum atomic E-state index is -4.09. The summed E-state index contributed by atoms with van der Waals surface area (Å²) >= 11 is 0. The van der Waals surface area contributed by atoms with Crippen LogP contribution in [0.1, 0.15) is 121 Å². The summed E-state index contributed by atoms with van der Waals surface area (Å²) < 4.78 is 80.2. The summed E-state index contributed by atoms with van der Waals surface area (Å²) in [5.41, 5.74) is 10.1. The highest BCUT2D eigenvalue weighted by Gasteiger charge is 2.44. The van der Waals surface area contributed by atoms with Crippen molar-refractivity contribution in [2.24, 2.45) is 0 Å². The fraction of sp³-hybridized carbons (Fsp3) is 0.491. The topological polar surface area (TPSA) is 183 Å². The Morgan fingerprint density at radius 2 is 1.48 bits per heavy atom. The number of ether oxygens (including phenoxy) is 2. The predicted octanol–water partition coefficient (Wildman–Crippen LogP) is 10.2. The number of nitrogens with zero attached hydrogens (tertiary/aromatic N) is 3. The molecule has 1 atom stereocenters. The van der Waals surface area contributed by atoms with Gasteiger partial charge >= 0.3 is 6.09 Å². The first-order chi connectivity index (χ1) is 34.1. The minimum Gasteiger partial charge on any atom is -0.491 e. The van der Waals surface area contributed by atoms with Gasteiger partial charge in [0.15, 0.2) is 5.71 Å². The summed E-state index contributed by atoms with van der Waals surface area (Å²) in [4.78, 5) is 31.1. The zero-order chi connectivity index (χ0) is 53.5. The smallest absolute Gasteiger partial charge is 0.408 e. The van der Waals surface area contributed by atoms with E-state index in [2.05, 4.69) is 117 Å². The van der Waals surface area contributed by atoms with E-state index in [-0.39, 0.29) is 37.0 Å². The fourth-order valence-corrected chi connectivity index (χ4v) is 11.2. The molecule has 0 saturated carbocycles. The van der Waals surface area contributed by atoms with Crippen LogP contribution in [-0.4, -0.2) is 110 Å². The first-order valence-corrected chi connectivity index (χ1v) is 28.7. The number of aryl methyl sites for hydroxylation is 2. The molecular formula is C57H77N4O10S2+. The molecule has 0 fully saturated rings. The van der Waals surface area contributed by atoms with Gasteiger partial charge in [-0.25, -0.2) is 4.79 Å². The molecule has 0 unspecified atom stereocenters. The molecule has 3 aliphatic rings. The summed E-state index contributed by atoms with van der Waals surface area (Å²) in [7, 11) is -6.49. The van der Waals surface area contributed by atoms with E-state index in [1.807, 2.05) is 30.3 Å². The number of anilines is 1. The van der Waals surface area contributed by atoms with Gasteiger partial charge in [0, 0.05) is 60.9 Å². The van der Waals surface area contributed by atoms with Crippen molar-refractivity contribution < 1.29 is 49.6 Å². The normalized spacial score (nSPS) is 18.1. The van der Waals surface area contributed by atoms with Gasteiger partial charge in [-0.05, 0) is 134 Å². The van der Waals surface area contributed by atoms with Crippen LogP contribution in [0, 0.1) is 13.8 Å². The molecule has 6 rings (SSSR count). The summed E-state index contributed by atoms with van der Waals surface area (Å²) in [5.74, 6) is -0.198. The molecule has 0 spiro atoms. The largest absolute Gasteiger partial charge is 0.491 e. The Morgan fingerprint density at radius 3 is 2.14 bits per heavy atom. The molecule has 3 N–H and O–H groups in total. The summed E-state index contributed by atoms with van der Waals surface area (Å²) in [6.45, 7) is 19.7. The van der Waals surface area contributed by atoms with E-state index in [1.54, 1.807) is 32.7 Å². The van der Waals surface area contributed by atoms with Gasteiger partial charge < -0.3 is 24.6 Å². The number of carbonyl (C=O) groups excluding carboxylic acids is 2. The maximum atomic E-state index is 14.2. The molecule has 14 nitrogen and oxygen atoms in total. The Morgan fingerprint density at radius 1 is 0.836 bits per heavy atom. The second kappa shape index (κ2) is 23.3. The second-order valence-electron chi connectivity index (χ2n) is 21.7. The molecule has 0 saturated heterocycles. The van der Waals surface area contributed by atoms with E-state index in [9.17, 15) is 35.5 Å². The number of allylic oxidation sites excluding steroid dienone is 7. The van der Waals surface area contributed by atoms with Crippen molar-refractivity contribution in [2.45, 2.75) is 136 Å². The van der Waals surface area contributed by atoms with Crippen LogP contribution in [0.3, 0.4) is 0 Å². The molecule has 2 amide bonds. The molecule has 2 heterocycles. The van der Waals surface area contributed by atoms with E-state index < -0.39 is 48.8 Å². The number of benzene rings is 3. The standard InChI is InChI=1S/C57H76N4O10S2/c1-40-23-27-48-45(37-40)56(6,7)50(60(48)31-14-16-35-72(64,65)66)29-25-43-21-18-22-44(26-30-51-57(8,9)46-38-41(2)24-28-49(46)61(51)32-15-17-36-73(67,68)69)52(43)70-34-33-59(10)53(62)47(39-42-19-12-11-13-20-42)58-54(63)71-55(3,4)5/h11-13,19-20,23-30,37-38,47H,14-18,21-22,31-36,39H2,1-10H3,(H2-,58,63,64,65,66,67,68,69)/p+1/t47-/m0/s1. The van der Waals surface area contributed by atoms with Gasteiger partial charge in [-0.3, -0.25) is 13.9 Å². The highest BCUT2D eigenvalue weighted by molar-refractivity contribution is 7.86. The van der Waals surface area contributed by atoms with Crippen LogP contribution in [0.2, 0.25) is 0 Å². The van der Waals surface area contributed by atoms with E-state index in [1.165, 1.54) is 11.1 Å². The third kappa shape index (κ3) is 15.0. The molecule has 16 heteroatoms. The number of alkyl carbamates (subject to hydrolysis) is 1. The lowest BCUT2D eigenvalue weighted by atomic mass is 9.80. The van der Waals surface area contributed by atoms with Crippen LogP contribution in [0.25, 0.3) is 0 Å². The van der Waals surface area contributed by atoms with Gasteiger partial charge in [0.1, 0.15) is 30.6 Å². The van der Waals surface area contributed by atoms with Crippen molar-refractivity contribution >= 4 is 49.3 Å². The molecule has 396 valence electrons. The monoisotopic (exact) mass is 1040 g/mol. The molecule has 73 heavy (non-hydrogen) atoms. The number of amides is 2. The maximum Gasteiger partial charge on any atom is 0.408 e. The number of hydrogen-bond acceptors (Lipinski definition) is 9. The molecule has 0 bridgehead atoms. The van der Waals surface area contributed by atoms with Gasteiger partial charge in [-0.2, -0.15) is 21.4 Å². The van der Waals surface area contributed by atoms with Crippen molar-refractivity contribution in [3.05, 3.63) is 141 Å². The number of likely N-dealkylation sites (N-methyl/N-ethyl adjacent to an activating group) is 1. The third-order valence-corrected chi connectivity index (χ3v) is 15.5. The van der Waals surface area contributed by atoms with Crippen molar-refractivity contribution in [1.29, 1.82) is 0 Å². The van der Waals surface area contributed by atoms with Crippen molar-refractivity contribution in [3.8, 4) is 0 Å². The van der Waals surface area contributed by atoms with Gasteiger partial charge in [-0.1, -0.05) is 79.6 Å². The van der Waals surface area contributed by atoms with Crippen LogP contribution in [0.15, 0.2) is 114 Å². The Labute approximate surface area is 434 Å². The molecule has 3 aromatic carbocycles. The SMILES string of the molecule is Cc1ccc2c(c1)C(C)(C)C(/C=C/C1=C(OCCN(C)C(=O)[C@H](Cc3ccccc3)NC(=O)OC(C)(C)C)C(=C/C=C3/N(CCCCS(=O)(=O)O)c4ccc(C)cc4C3(C)C)/CCC1)=[N+]2CCCCS(=O)(=O)O. The van der Waals surface area contributed by atoms with Crippen LogP contribution in [-0.2, 0) is 51.8 Å². The summed E-state index contributed by atoms with van der Waals surface area (Å²) in [6.07, 6.45) is 12.1. The molecule has 0 radical (unpaired) electrons. The third-order valence-electron chi connectivity index (χ3n) is 13.8. The summed E-state index contributed by atoms with van der Waals surface area (Å²) in [5, 5.41) is 2.81. The Bertz CT molecular complexity index is 2910. The van der Waals surface area contributed by atoms with Crippen LogP contribution in [0.4, 0.5) is 16.2 Å². The first kappa shape index (κ1) is 56.7. The minimum absolute atomic E-state index is 0.149. The molecule has 2 aliphatic heterocycles. The molecular weight excluding hydrogens is 965 g/mol. The number of fused-ring (bicyclic) bond motifs is 2. The highest BCUT2D eigenvalue weighted by Crippen LogP contribution is 2.48. The molecule has 3 aromatic rings. The van der Waals surface area contributed by atoms with Crippen molar-refractivity contribution in [1.82, 2.24) is 10.2 Å². The Kier molecular flexibility index (Phi) is 18.1. The Balaban J connectivity index is 1.38. The van der Waals surface area contributed by atoms with Gasteiger partial charge in [0.2, 0.25) is 11.6 Å². The lowest BCUT2D eigenvalue weighted by molar-refractivity contribution is -0.438. The molecule has 1 aliphatic carbocycles. The van der Waals surface area contributed by atoms with Crippen LogP contribution in [0.5, 0.6) is 0 Å². The molecule has 0 aromatic heterocycles. The van der Waals surface area contributed by atoms with E-state index >= 15 is 0 Å². The average molecular weight is 1040 g/mol. The summed E-state index contributed by atoms with van der Waals surface area (Å²) in [6, 6.07) is 21.4. The average Bonchev–Trinajstić information content (AvgIpc) is 3.63. The van der Waals surface area contributed by atoms with Crippen LogP contribution < -0.4 is 10.2 Å². The lowest BCUT2D eigenvalue weighted by Crippen LogP contribution is -2.50. The number of nitrogens with one attached hydrogen (secondary N) is 1. The second-order valence-corrected chi connectivity index (χ2v) is 24.9. The maximum absolute atomic E-state index is 14.2.